The van der Waals surface area contributed by atoms with Crippen LogP contribution in [0, 0.1) is 0 Å². The molecular formula is C10H6F13NO. The maximum atomic E-state index is 13.1. The standard InChI is InChI=1S/C10H6F13NO/c1-4(25)24-3-2-5(11,12)6(13,14)7(15,16)8(17,18)9(19,20)10(21,22)23/h2-3H,1H3,(H,24,25)/b3-2+. The summed E-state index contributed by atoms with van der Waals surface area (Å²) in [5, 5.41) is 1.23. The molecule has 148 valence electrons. The van der Waals surface area contributed by atoms with E-state index in [0.717, 1.165) is 0 Å². The molecule has 25 heavy (non-hydrogen) atoms. The molecule has 0 aromatic carbocycles. The first-order valence-corrected chi connectivity index (χ1v) is 5.57. The van der Waals surface area contributed by atoms with Crippen LogP contribution in [0.3, 0.4) is 0 Å². The smallest absolute Gasteiger partial charge is 0.333 e. The Morgan fingerprint density at radius 2 is 1.04 bits per heavy atom. The van der Waals surface area contributed by atoms with Crippen LogP contribution in [0.15, 0.2) is 12.3 Å². The fourth-order valence-corrected chi connectivity index (χ4v) is 1.15. The molecule has 0 saturated carbocycles. The molecule has 0 bridgehead atoms. The first kappa shape index (κ1) is 23.3. The lowest BCUT2D eigenvalue weighted by Gasteiger charge is -2.39. The van der Waals surface area contributed by atoms with E-state index in [2.05, 4.69) is 0 Å². The van der Waals surface area contributed by atoms with E-state index < -0.39 is 54.0 Å². The molecule has 1 amide bonds. The van der Waals surface area contributed by atoms with E-state index in [9.17, 15) is 61.9 Å². The highest BCUT2D eigenvalue weighted by molar-refractivity contribution is 5.73. The molecule has 0 radical (unpaired) electrons. The quantitative estimate of drug-likeness (QED) is 0.656. The molecule has 2 nitrogen and oxygen atoms in total. The summed E-state index contributed by atoms with van der Waals surface area (Å²) in [7, 11) is 0. The van der Waals surface area contributed by atoms with Gasteiger partial charge in [-0.2, -0.15) is 57.1 Å². The summed E-state index contributed by atoms with van der Waals surface area (Å²) in [5.74, 6) is -38.5. The highest BCUT2D eigenvalue weighted by atomic mass is 19.4. The van der Waals surface area contributed by atoms with Gasteiger partial charge < -0.3 is 5.32 Å². The fourth-order valence-electron chi connectivity index (χ4n) is 1.15. The average molecular weight is 403 g/mol. The molecular weight excluding hydrogens is 397 g/mol. The van der Waals surface area contributed by atoms with Crippen molar-refractivity contribution in [3.63, 3.8) is 0 Å². The molecule has 0 saturated heterocycles. The summed E-state index contributed by atoms with van der Waals surface area (Å²) >= 11 is 0. The van der Waals surface area contributed by atoms with Gasteiger partial charge in [0.25, 0.3) is 0 Å². The summed E-state index contributed by atoms with van der Waals surface area (Å²) < 4.78 is 164. The number of nitrogens with one attached hydrogen (secondary N) is 1. The zero-order chi connectivity index (χ0) is 20.7. The molecule has 15 heteroatoms. The third kappa shape index (κ3) is 3.63. The Bertz CT molecular complexity index is 533. The predicted octanol–water partition coefficient (Wildman–Crippen LogP) is 4.38. The van der Waals surface area contributed by atoms with E-state index in [1.807, 2.05) is 0 Å². The van der Waals surface area contributed by atoms with Gasteiger partial charge >= 0.3 is 35.8 Å². The third-order valence-electron chi connectivity index (χ3n) is 2.54. The van der Waals surface area contributed by atoms with Gasteiger partial charge in [-0.05, 0) is 0 Å². The largest absolute Gasteiger partial charge is 0.460 e. The summed E-state index contributed by atoms with van der Waals surface area (Å²) in [4.78, 5) is 10.3. The van der Waals surface area contributed by atoms with E-state index in [1.165, 1.54) is 5.32 Å². The molecule has 1 N–H and O–H groups in total. The summed E-state index contributed by atoms with van der Waals surface area (Å²) in [6, 6.07) is 0. The Hall–Kier alpha value is -1.70. The number of amides is 1. The van der Waals surface area contributed by atoms with Crippen LogP contribution in [0.25, 0.3) is 0 Å². The zero-order valence-electron chi connectivity index (χ0n) is 11.5. The van der Waals surface area contributed by atoms with Crippen LogP contribution in [0.5, 0.6) is 0 Å². The molecule has 0 aliphatic rings. The van der Waals surface area contributed by atoms with Crippen LogP contribution in [-0.4, -0.2) is 41.7 Å². The minimum Gasteiger partial charge on any atom is -0.333 e. The topological polar surface area (TPSA) is 29.1 Å². The van der Waals surface area contributed by atoms with Crippen molar-refractivity contribution >= 4 is 5.91 Å². The van der Waals surface area contributed by atoms with Gasteiger partial charge in [-0.25, -0.2) is 0 Å². The number of carbonyl (C=O) groups is 1. The minimum atomic E-state index is -7.94. The van der Waals surface area contributed by atoms with Gasteiger partial charge in [0.15, 0.2) is 0 Å². The maximum Gasteiger partial charge on any atom is 0.460 e. The summed E-state index contributed by atoms with van der Waals surface area (Å²) in [6.45, 7) is 0.618. The first-order chi connectivity index (χ1) is 10.7. The molecule has 0 aliphatic heterocycles. The number of hydrogen-bond donors (Lipinski definition) is 1. The van der Waals surface area contributed by atoms with Gasteiger partial charge in [-0.3, -0.25) is 4.79 Å². The summed E-state index contributed by atoms with van der Waals surface area (Å²) in [5.41, 5.74) is 0. The molecule has 0 aromatic heterocycles. The molecule has 0 unspecified atom stereocenters. The highest BCUT2D eigenvalue weighted by Crippen LogP contribution is 2.60. The van der Waals surface area contributed by atoms with E-state index in [-0.39, 0.29) is 0 Å². The normalized spacial score (nSPS) is 15.6. The second-order valence-electron chi connectivity index (χ2n) is 4.45. The number of rotatable bonds is 6. The van der Waals surface area contributed by atoms with E-state index in [1.54, 1.807) is 0 Å². The zero-order valence-corrected chi connectivity index (χ0v) is 11.5. The lowest BCUT2D eigenvalue weighted by Crippen LogP contribution is -2.69. The van der Waals surface area contributed by atoms with Gasteiger partial charge in [0.05, 0.1) is 0 Å². The monoisotopic (exact) mass is 403 g/mol. The van der Waals surface area contributed by atoms with Gasteiger partial charge in [0, 0.05) is 19.2 Å². The molecule has 0 atom stereocenters. The number of allylic oxidation sites excluding steroid dienone is 1. The van der Waals surface area contributed by atoms with Gasteiger partial charge in [-0.15, -0.1) is 0 Å². The van der Waals surface area contributed by atoms with Crippen molar-refractivity contribution in [3.05, 3.63) is 12.3 Å². The molecule has 0 aliphatic carbocycles. The van der Waals surface area contributed by atoms with Crippen LogP contribution < -0.4 is 5.32 Å². The van der Waals surface area contributed by atoms with Crippen molar-refractivity contribution in [2.45, 2.75) is 42.7 Å². The fraction of sp³-hybridized carbons (Fsp3) is 0.700. The van der Waals surface area contributed by atoms with Gasteiger partial charge in [0.1, 0.15) is 0 Å². The maximum absolute atomic E-state index is 13.1. The first-order valence-electron chi connectivity index (χ1n) is 5.57. The Labute approximate surface area is 129 Å². The molecule has 0 aromatic rings. The minimum absolute atomic E-state index is 0.410. The molecule has 0 fully saturated rings. The van der Waals surface area contributed by atoms with Crippen molar-refractivity contribution in [1.82, 2.24) is 5.32 Å². The SMILES string of the molecule is CC(=O)N/C=C/C(F)(F)C(F)(F)C(F)(F)C(F)(F)C(F)(F)C(F)(F)F. The summed E-state index contributed by atoms with van der Waals surface area (Å²) in [6.07, 6.45) is -9.13. The van der Waals surface area contributed by atoms with Crippen molar-refractivity contribution < 1.29 is 61.9 Å². The lowest BCUT2D eigenvalue weighted by molar-refractivity contribution is -0.436. The van der Waals surface area contributed by atoms with Crippen molar-refractivity contribution in [3.8, 4) is 0 Å². The van der Waals surface area contributed by atoms with Crippen LogP contribution in [0.4, 0.5) is 57.1 Å². The van der Waals surface area contributed by atoms with Crippen molar-refractivity contribution in [2.75, 3.05) is 0 Å². The Morgan fingerprint density at radius 3 is 1.36 bits per heavy atom. The Morgan fingerprint density at radius 1 is 0.680 bits per heavy atom. The molecule has 0 spiro atoms. The van der Waals surface area contributed by atoms with Gasteiger partial charge in [0.2, 0.25) is 5.91 Å². The highest BCUT2D eigenvalue weighted by Gasteiger charge is 2.90. The van der Waals surface area contributed by atoms with E-state index >= 15 is 0 Å². The van der Waals surface area contributed by atoms with Crippen molar-refractivity contribution in [1.29, 1.82) is 0 Å². The third-order valence-corrected chi connectivity index (χ3v) is 2.54. The van der Waals surface area contributed by atoms with E-state index in [0.29, 0.717) is 6.92 Å². The number of halogens is 13. The van der Waals surface area contributed by atoms with Crippen LogP contribution in [0.1, 0.15) is 6.92 Å². The van der Waals surface area contributed by atoms with E-state index in [4.69, 9.17) is 0 Å². The average Bonchev–Trinajstić information content (AvgIpc) is 2.35. The van der Waals surface area contributed by atoms with Crippen molar-refractivity contribution in [2.24, 2.45) is 0 Å². The molecule has 0 heterocycles. The van der Waals surface area contributed by atoms with Crippen LogP contribution >= 0.6 is 0 Å². The Kier molecular flexibility index (Phi) is 5.81. The van der Waals surface area contributed by atoms with Crippen LogP contribution in [0.2, 0.25) is 0 Å². The predicted molar refractivity (Wildman–Crippen MR) is 53.7 cm³/mol. The van der Waals surface area contributed by atoms with Crippen LogP contribution in [-0.2, 0) is 4.79 Å². The second-order valence-corrected chi connectivity index (χ2v) is 4.45. The number of carbonyl (C=O) groups excluding carboxylic acids is 1. The molecule has 0 rings (SSSR count). The number of alkyl halides is 13. The van der Waals surface area contributed by atoms with Gasteiger partial charge in [-0.1, -0.05) is 0 Å². The second kappa shape index (κ2) is 6.23. The lowest BCUT2D eigenvalue weighted by atomic mass is 9.94. The Balaban J connectivity index is 6.11. The number of hydrogen-bond acceptors (Lipinski definition) is 1.